The first kappa shape index (κ1) is 29.8. The number of halogens is 4. The number of nitrogens with zero attached hydrogens (tertiary/aromatic N) is 2. The molecule has 7 nitrogen and oxygen atoms in total. The molecule has 1 aliphatic carbocycles. The van der Waals surface area contributed by atoms with E-state index in [0.29, 0.717) is 15.6 Å². The number of benzene rings is 2. The second-order valence-corrected chi connectivity index (χ2v) is 12.8. The highest BCUT2D eigenvalue weighted by Crippen LogP contribution is 2.28. The summed E-state index contributed by atoms with van der Waals surface area (Å²) < 4.78 is 26.3. The van der Waals surface area contributed by atoms with Gasteiger partial charge in [0.2, 0.25) is 21.8 Å². The molecule has 2 aromatic rings. The first-order valence-electron chi connectivity index (χ1n) is 11.8. The molecular weight excluding hydrogens is 580 g/mol. The molecular formula is C25H29Cl4N3O4S. The van der Waals surface area contributed by atoms with Gasteiger partial charge in [-0.2, -0.15) is 0 Å². The number of carbonyl (C=O) groups excluding carboxylic acids is 2. The number of carbonyl (C=O) groups is 2. The number of nitrogens with one attached hydrogen (secondary N) is 1. The lowest BCUT2D eigenvalue weighted by Gasteiger charge is -2.33. The standard InChI is InChI=1S/C25H29Cl4N3O4S/c1-16(25(34)30-21-6-4-3-5-7-21)31(14-17-8-9-18(26)13-23(17)29)24(33)15-32(37(2,35)36)22-11-19(27)10-20(28)12-22/h8-13,16,21H,3-7,14-15H2,1-2H3,(H,30,34)/t16-/m0/s1. The van der Waals surface area contributed by atoms with Crippen LogP contribution in [-0.4, -0.2) is 50.0 Å². The summed E-state index contributed by atoms with van der Waals surface area (Å²) in [5, 5.41) is 4.23. The minimum absolute atomic E-state index is 0.0258. The molecule has 1 N–H and O–H groups in total. The van der Waals surface area contributed by atoms with Crippen molar-refractivity contribution in [2.75, 3.05) is 17.1 Å². The van der Waals surface area contributed by atoms with Gasteiger partial charge in [-0.05, 0) is 55.7 Å². The van der Waals surface area contributed by atoms with Gasteiger partial charge in [-0.15, -0.1) is 0 Å². The quantitative estimate of drug-likeness (QED) is 0.382. The molecule has 1 atom stereocenters. The maximum Gasteiger partial charge on any atom is 0.244 e. The first-order valence-corrected chi connectivity index (χ1v) is 15.2. The molecule has 2 amide bonds. The largest absolute Gasteiger partial charge is 0.352 e. The Morgan fingerprint density at radius 3 is 2.16 bits per heavy atom. The summed E-state index contributed by atoms with van der Waals surface area (Å²) in [7, 11) is -3.91. The van der Waals surface area contributed by atoms with Crippen molar-refractivity contribution < 1.29 is 18.0 Å². The molecule has 0 bridgehead atoms. The van der Waals surface area contributed by atoms with E-state index in [4.69, 9.17) is 46.4 Å². The van der Waals surface area contributed by atoms with Crippen LogP contribution in [0.1, 0.15) is 44.6 Å². The van der Waals surface area contributed by atoms with E-state index in [-0.39, 0.29) is 34.2 Å². The van der Waals surface area contributed by atoms with Crippen LogP contribution in [0.25, 0.3) is 0 Å². The van der Waals surface area contributed by atoms with Gasteiger partial charge in [-0.1, -0.05) is 71.7 Å². The van der Waals surface area contributed by atoms with Crippen LogP contribution in [0.15, 0.2) is 36.4 Å². The second-order valence-electron chi connectivity index (χ2n) is 9.17. The third-order valence-corrected chi connectivity index (χ3v) is 8.45. The summed E-state index contributed by atoms with van der Waals surface area (Å²) in [6.45, 7) is 1.02. The maximum absolute atomic E-state index is 13.7. The molecule has 202 valence electrons. The van der Waals surface area contributed by atoms with Crippen molar-refractivity contribution in [3.05, 3.63) is 62.1 Å². The number of anilines is 1. The van der Waals surface area contributed by atoms with E-state index >= 15 is 0 Å². The summed E-state index contributed by atoms with van der Waals surface area (Å²) in [5.41, 5.74) is 0.700. The van der Waals surface area contributed by atoms with Crippen LogP contribution < -0.4 is 9.62 Å². The summed E-state index contributed by atoms with van der Waals surface area (Å²) in [6.07, 6.45) is 5.95. The molecule has 37 heavy (non-hydrogen) atoms. The topological polar surface area (TPSA) is 86.8 Å². The lowest BCUT2D eigenvalue weighted by atomic mass is 9.95. The normalized spacial score (nSPS) is 15.2. The Kier molecular flexibility index (Phi) is 10.4. The van der Waals surface area contributed by atoms with Gasteiger partial charge in [0.25, 0.3) is 0 Å². The highest BCUT2D eigenvalue weighted by atomic mass is 35.5. The van der Waals surface area contributed by atoms with Crippen molar-refractivity contribution in [2.24, 2.45) is 0 Å². The lowest BCUT2D eigenvalue weighted by Crippen LogP contribution is -2.53. The molecule has 12 heteroatoms. The fraction of sp³-hybridized carbons (Fsp3) is 0.440. The van der Waals surface area contributed by atoms with Crippen LogP contribution in [0, 0.1) is 0 Å². The highest BCUT2D eigenvalue weighted by molar-refractivity contribution is 7.92. The highest BCUT2D eigenvalue weighted by Gasteiger charge is 2.31. The van der Waals surface area contributed by atoms with Crippen molar-refractivity contribution in [3.8, 4) is 0 Å². The molecule has 1 saturated carbocycles. The van der Waals surface area contributed by atoms with Crippen molar-refractivity contribution in [3.63, 3.8) is 0 Å². The molecule has 1 fully saturated rings. The van der Waals surface area contributed by atoms with Gasteiger partial charge >= 0.3 is 0 Å². The van der Waals surface area contributed by atoms with Gasteiger partial charge in [0.15, 0.2) is 0 Å². The SMILES string of the molecule is C[C@@H](C(=O)NC1CCCCC1)N(Cc1ccc(Cl)cc1Cl)C(=O)CN(c1cc(Cl)cc(Cl)c1)S(C)(=O)=O. The van der Waals surface area contributed by atoms with Crippen LogP contribution in [-0.2, 0) is 26.2 Å². The monoisotopic (exact) mass is 607 g/mol. The third-order valence-electron chi connectivity index (χ3n) is 6.29. The van der Waals surface area contributed by atoms with E-state index in [1.165, 1.54) is 23.1 Å². The fourth-order valence-corrected chi connectivity index (χ4v) is 6.10. The van der Waals surface area contributed by atoms with Gasteiger partial charge in [0, 0.05) is 32.7 Å². The Bertz CT molecular complexity index is 1230. The molecule has 0 unspecified atom stereocenters. The zero-order chi connectivity index (χ0) is 27.3. The molecule has 2 aromatic carbocycles. The molecule has 0 saturated heterocycles. The molecule has 0 aromatic heterocycles. The van der Waals surface area contributed by atoms with Gasteiger partial charge in [-0.25, -0.2) is 8.42 Å². The summed E-state index contributed by atoms with van der Waals surface area (Å²) in [6, 6.07) is 8.26. The molecule has 0 aliphatic heterocycles. The Labute approximate surface area is 238 Å². The van der Waals surface area contributed by atoms with E-state index in [1.807, 2.05) is 0 Å². The zero-order valence-electron chi connectivity index (χ0n) is 20.5. The van der Waals surface area contributed by atoms with Crippen LogP contribution in [0.2, 0.25) is 20.1 Å². The molecule has 1 aliphatic rings. The molecule has 0 radical (unpaired) electrons. The lowest BCUT2D eigenvalue weighted by molar-refractivity contribution is -0.139. The fourth-order valence-electron chi connectivity index (χ4n) is 4.28. The van der Waals surface area contributed by atoms with Crippen LogP contribution in [0.3, 0.4) is 0 Å². The number of rotatable bonds is 9. The maximum atomic E-state index is 13.7. The van der Waals surface area contributed by atoms with Crippen molar-refractivity contribution in [1.82, 2.24) is 10.2 Å². The summed E-state index contributed by atoms with van der Waals surface area (Å²) >= 11 is 24.6. The molecule has 0 spiro atoms. The number of amides is 2. The van der Waals surface area contributed by atoms with E-state index in [9.17, 15) is 18.0 Å². The van der Waals surface area contributed by atoms with Crippen LogP contribution in [0.4, 0.5) is 5.69 Å². The van der Waals surface area contributed by atoms with Crippen molar-refractivity contribution >= 4 is 73.9 Å². The number of hydrogen-bond acceptors (Lipinski definition) is 4. The average molecular weight is 609 g/mol. The number of hydrogen-bond donors (Lipinski definition) is 1. The summed E-state index contributed by atoms with van der Waals surface area (Å²) in [4.78, 5) is 28.2. The van der Waals surface area contributed by atoms with E-state index in [2.05, 4.69) is 5.32 Å². The Hall–Kier alpha value is -1.71. The third kappa shape index (κ3) is 8.39. The van der Waals surface area contributed by atoms with E-state index < -0.39 is 28.5 Å². The Morgan fingerprint density at radius 1 is 0.973 bits per heavy atom. The minimum atomic E-state index is -3.91. The van der Waals surface area contributed by atoms with E-state index in [0.717, 1.165) is 42.7 Å². The first-order chi connectivity index (χ1) is 17.3. The van der Waals surface area contributed by atoms with Crippen LogP contribution in [0.5, 0.6) is 0 Å². The van der Waals surface area contributed by atoms with Gasteiger partial charge in [-0.3, -0.25) is 13.9 Å². The van der Waals surface area contributed by atoms with Crippen molar-refractivity contribution in [2.45, 2.75) is 57.7 Å². The Morgan fingerprint density at radius 2 is 1.59 bits per heavy atom. The predicted octanol–water partition coefficient (Wildman–Crippen LogP) is 5.93. The molecule has 0 heterocycles. The van der Waals surface area contributed by atoms with Crippen LogP contribution >= 0.6 is 46.4 Å². The minimum Gasteiger partial charge on any atom is -0.352 e. The number of sulfonamides is 1. The predicted molar refractivity (Wildman–Crippen MR) is 150 cm³/mol. The van der Waals surface area contributed by atoms with E-state index in [1.54, 1.807) is 25.1 Å². The Balaban J connectivity index is 1.92. The van der Waals surface area contributed by atoms with Gasteiger partial charge < -0.3 is 10.2 Å². The van der Waals surface area contributed by atoms with Crippen molar-refractivity contribution in [1.29, 1.82) is 0 Å². The van der Waals surface area contributed by atoms with Gasteiger partial charge in [0.05, 0.1) is 11.9 Å². The molecule has 3 rings (SSSR count). The average Bonchev–Trinajstić information content (AvgIpc) is 2.80. The van der Waals surface area contributed by atoms with Gasteiger partial charge in [0.1, 0.15) is 12.6 Å². The second kappa shape index (κ2) is 12.9. The smallest absolute Gasteiger partial charge is 0.244 e. The summed E-state index contributed by atoms with van der Waals surface area (Å²) in [5.74, 6) is -0.916. The zero-order valence-corrected chi connectivity index (χ0v) is 24.4.